The third kappa shape index (κ3) is 2.53. The van der Waals surface area contributed by atoms with Crippen LogP contribution in [0.25, 0.3) is 0 Å². The van der Waals surface area contributed by atoms with Crippen LogP contribution < -0.4 is 5.32 Å². The molecule has 0 saturated carbocycles. The van der Waals surface area contributed by atoms with Crippen LogP contribution in [0.2, 0.25) is 0 Å². The zero-order valence-electron chi connectivity index (χ0n) is 11.9. The summed E-state index contributed by atoms with van der Waals surface area (Å²) in [5, 5.41) is 1.84. The number of rotatable bonds is 3. The molecule has 2 heterocycles. The minimum Gasteiger partial charge on any atom is -0.343 e. The van der Waals surface area contributed by atoms with Crippen LogP contribution in [0.4, 0.5) is 13.2 Å². The Morgan fingerprint density at radius 2 is 1.91 bits per heavy atom. The minimum atomic E-state index is -4.54. The molecular formula is C14H15F3N2O3. The van der Waals surface area contributed by atoms with Gasteiger partial charge in [0, 0.05) is 11.1 Å². The van der Waals surface area contributed by atoms with E-state index >= 15 is 0 Å². The Morgan fingerprint density at radius 3 is 2.32 bits per heavy atom. The van der Waals surface area contributed by atoms with Crippen molar-refractivity contribution in [2.75, 3.05) is 0 Å². The zero-order valence-corrected chi connectivity index (χ0v) is 11.9. The number of halogens is 3. The van der Waals surface area contributed by atoms with E-state index in [2.05, 4.69) is 6.58 Å². The molecule has 2 aliphatic rings. The molecule has 1 N–H and O–H groups in total. The highest BCUT2D eigenvalue weighted by Gasteiger charge is 2.49. The Bertz CT molecular complexity index is 580. The molecule has 0 radical (unpaired) electrons. The second-order valence-electron chi connectivity index (χ2n) is 5.13. The molecule has 120 valence electrons. The minimum absolute atomic E-state index is 0.109. The van der Waals surface area contributed by atoms with Crippen LogP contribution in [-0.2, 0) is 14.4 Å². The van der Waals surface area contributed by atoms with Gasteiger partial charge in [0.2, 0.25) is 5.91 Å². The first-order valence-electron chi connectivity index (χ1n) is 6.82. The van der Waals surface area contributed by atoms with Gasteiger partial charge in [0.25, 0.3) is 11.8 Å². The molecule has 5 nitrogen and oxygen atoms in total. The van der Waals surface area contributed by atoms with E-state index in [4.69, 9.17) is 0 Å². The van der Waals surface area contributed by atoms with Crippen molar-refractivity contribution in [1.29, 1.82) is 0 Å². The van der Waals surface area contributed by atoms with Crippen molar-refractivity contribution in [3.05, 3.63) is 23.8 Å². The molecule has 22 heavy (non-hydrogen) atoms. The van der Waals surface area contributed by atoms with E-state index in [1.165, 1.54) is 6.08 Å². The van der Waals surface area contributed by atoms with Crippen molar-refractivity contribution in [3.63, 3.8) is 0 Å². The van der Waals surface area contributed by atoms with Crippen molar-refractivity contribution in [2.24, 2.45) is 0 Å². The summed E-state index contributed by atoms with van der Waals surface area (Å²) in [6.07, 6.45) is -3.62. The monoisotopic (exact) mass is 316 g/mol. The maximum Gasteiger partial charge on any atom is 0.408 e. The summed E-state index contributed by atoms with van der Waals surface area (Å²) < 4.78 is 37.9. The lowest BCUT2D eigenvalue weighted by Gasteiger charge is -2.34. The molecule has 0 aromatic rings. The van der Waals surface area contributed by atoms with Crippen LogP contribution >= 0.6 is 0 Å². The topological polar surface area (TPSA) is 66.5 Å². The summed E-state index contributed by atoms with van der Waals surface area (Å²) in [5.74, 6) is -2.27. The van der Waals surface area contributed by atoms with Crippen LogP contribution in [0.5, 0.6) is 0 Å². The summed E-state index contributed by atoms with van der Waals surface area (Å²) in [6, 6.07) is -3.15. The van der Waals surface area contributed by atoms with E-state index in [1.54, 1.807) is 6.92 Å². The number of alkyl halides is 3. The van der Waals surface area contributed by atoms with E-state index in [0.29, 0.717) is 0 Å². The molecule has 2 aliphatic heterocycles. The standard InChI is InChI=1S/C14H15F3N2O3/c1-3-7-8(4-2)13(22)19(12(7)21)9-5-6-10(14(15,16)17)18-11(9)20/h3,9-10H,1,4-6H2,2H3,(H,18,20). The number of amides is 3. The molecule has 2 unspecified atom stereocenters. The van der Waals surface area contributed by atoms with Crippen LogP contribution in [-0.4, -0.2) is 40.9 Å². The predicted octanol–water partition coefficient (Wildman–Crippen LogP) is 1.46. The highest BCUT2D eigenvalue weighted by atomic mass is 19.4. The lowest BCUT2D eigenvalue weighted by atomic mass is 9.98. The van der Waals surface area contributed by atoms with Crippen LogP contribution in [0, 0.1) is 0 Å². The number of imide groups is 1. The van der Waals surface area contributed by atoms with E-state index in [-0.39, 0.29) is 30.4 Å². The summed E-state index contributed by atoms with van der Waals surface area (Å²) in [6.45, 7) is 5.14. The van der Waals surface area contributed by atoms with Crippen LogP contribution in [0.15, 0.2) is 23.8 Å². The van der Waals surface area contributed by atoms with Crippen molar-refractivity contribution >= 4 is 17.7 Å². The third-order valence-electron chi connectivity index (χ3n) is 3.86. The first-order valence-corrected chi connectivity index (χ1v) is 6.82. The van der Waals surface area contributed by atoms with Gasteiger partial charge in [-0.15, -0.1) is 0 Å². The second kappa shape index (κ2) is 5.58. The summed E-state index contributed by atoms with van der Waals surface area (Å²) >= 11 is 0. The second-order valence-corrected chi connectivity index (χ2v) is 5.13. The molecule has 0 aliphatic carbocycles. The number of carbonyl (C=O) groups is 3. The van der Waals surface area contributed by atoms with Gasteiger partial charge in [-0.1, -0.05) is 19.6 Å². The summed E-state index contributed by atoms with van der Waals surface area (Å²) in [7, 11) is 0. The van der Waals surface area contributed by atoms with Gasteiger partial charge in [-0.3, -0.25) is 19.3 Å². The summed E-state index contributed by atoms with van der Waals surface area (Å²) in [5.41, 5.74) is 0.337. The molecule has 8 heteroatoms. The van der Waals surface area contributed by atoms with Crippen molar-refractivity contribution in [3.8, 4) is 0 Å². The van der Waals surface area contributed by atoms with Gasteiger partial charge < -0.3 is 5.32 Å². The normalized spacial score (nSPS) is 26.5. The Kier molecular flexibility index (Phi) is 4.12. The molecule has 3 amide bonds. The lowest BCUT2D eigenvalue weighted by molar-refractivity contribution is -0.172. The fourth-order valence-electron chi connectivity index (χ4n) is 2.73. The molecular weight excluding hydrogens is 301 g/mol. The molecule has 0 spiro atoms. The van der Waals surface area contributed by atoms with E-state index in [0.717, 1.165) is 4.90 Å². The SMILES string of the molecule is C=CC1=C(CC)C(=O)N(C2CCC(C(F)(F)F)NC2=O)C1=O. The number of hydrogen-bond donors (Lipinski definition) is 1. The Morgan fingerprint density at radius 1 is 1.27 bits per heavy atom. The third-order valence-corrected chi connectivity index (χ3v) is 3.86. The average Bonchev–Trinajstić information content (AvgIpc) is 2.68. The first kappa shape index (κ1) is 16.3. The highest BCUT2D eigenvalue weighted by molar-refractivity contribution is 6.22. The highest BCUT2D eigenvalue weighted by Crippen LogP contribution is 2.32. The number of nitrogens with zero attached hydrogens (tertiary/aromatic N) is 1. The van der Waals surface area contributed by atoms with Crippen molar-refractivity contribution < 1.29 is 27.6 Å². The van der Waals surface area contributed by atoms with Crippen LogP contribution in [0.1, 0.15) is 26.2 Å². The number of carbonyl (C=O) groups excluding carboxylic acids is 3. The maximum absolute atomic E-state index is 12.6. The molecule has 0 aromatic carbocycles. The maximum atomic E-state index is 12.6. The Hall–Kier alpha value is -2.12. The van der Waals surface area contributed by atoms with E-state index in [9.17, 15) is 27.6 Å². The molecule has 2 atom stereocenters. The predicted molar refractivity (Wildman–Crippen MR) is 70.4 cm³/mol. The van der Waals surface area contributed by atoms with E-state index in [1.807, 2.05) is 5.32 Å². The summed E-state index contributed by atoms with van der Waals surface area (Å²) in [4.78, 5) is 37.1. The molecule has 1 fully saturated rings. The number of nitrogens with one attached hydrogen (secondary N) is 1. The van der Waals surface area contributed by atoms with Gasteiger partial charge in [-0.2, -0.15) is 13.2 Å². The Labute approximate surface area is 124 Å². The van der Waals surface area contributed by atoms with Gasteiger partial charge in [0.05, 0.1) is 0 Å². The molecule has 0 bridgehead atoms. The lowest BCUT2D eigenvalue weighted by Crippen LogP contribution is -2.59. The van der Waals surface area contributed by atoms with Gasteiger partial charge in [0.1, 0.15) is 12.1 Å². The zero-order chi connectivity index (χ0) is 16.7. The van der Waals surface area contributed by atoms with Crippen molar-refractivity contribution in [2.45, 2.75) is 44.4 Å². The van der Waals surface area contributed by atoms with Gasteiger partial charge in [-0.25, -0.2) is 0 Å². The van der Waals surface area contributed by atoms with Gasteiger partial charge >= 0.3 is 6.18 Å². The van der Waals surface area contributed by atoms with E-state index < -0.39 is 36.0 Å². The fraction of sp³-hybridized carbons (Fsp3) is 0.500. The number of piperidine rings is 1. The molecule has 0 aromatic heterocycles. The van der Waals surface area contributed by atoms with Gasteiger partial charge in [-0.05, 0) is 19.3 Å². The molecule has 2 rings (SSSR count). The van der Waals surface area contributed by atoms with Crippen LogP contribution in [0.3, 0.4) is 0 Å². The smallest absolute Gasteiger partial charge is 0.343 e. The van der Waals surface area contributed by atoms with Gasteiger partial charge in [0.15, 0.2) is 0 Å². The first-order chi connectivity index (χ1) is 10.2. The largest absolute Gasteiger partial charge is 0.408 e. The average molecular weight is 316 g/mol. The van der Waals surface area contributed by atoms with Crippen molar-refractivity contribution in [1.82, 2.24) is 10.2 Å². The quantitative estimate of drug-likeness (QED) is 0.802. The number of hydrogen-bond acceptors (Lipinski definition) is 3. The Balaban J connectivity index is 2.22. The molecule has 1 saturated heterocycles. The fourth-order valence-corrected chi connectivity index (χ4v) is 2.73.